The number of ketones is 2. The van der Waals surface area contributed by atoms with Crippen molar-refractivity contribution in [3.05, 3.63) is 11.6 Å². The number of Topliss-reactive ketones (excluding diaryl/α,β-unsaturated/α-hetero) is 1. The Hall–Kier alpha value is -1.53. The zero-order chi connectivity index (χ0) is 21.2. The van der Waals surface area contributed by atoms with Crippen LogP contribution in [-0.2, 0) is 19.1 Å². The molecule has 0 unspecified atom stereocenters. The van der Waals surface area contributed by atoms with Gasteiger partial charge in [-0.15, -0.1) is 0 Å². The van der Waals surface area contributed by atoms with E-state index in [-0.39, 0.29) is 29.0 Å². The van der Waals surface area contributed by atoms with Gasteiger partial charge in [-0.05, 0) is 67.8 Å². The standard InChI is InChI=1S/C23H32O6/c1-13(25)29-23(19(28)12-24)9-7-17-16-5-4-14-10-15(26)6-8-21(14,2)20(16)18(27)11-22(17,23)3/h10,16-18,20,24,27H,4-9,11-12H2,1-3H3/t16-,17+,18-,20-,21-,22+,23-/m0/s1. The fraction of sp³-hybridized carbons (Fsp3) is 0.783. The zero-order valence-electron chi connectivity index (χ0n) is 17.6. The maximum atomic E-state index is 12.9. The van der Waals surface area contributed by atoms with Crippen molar-refractivity contribution in [2.24, 2.45) is 28.6 Å². The van der Waals surface area contributed by atoms with E-state index >= 15 is 0 Å². The lowest BCUT2D eigenvalue weighted by molar-refractivity contribution is -0.200. The third-order valence-corrected chi connectivity index (χ3v) is 8.93. The Morgan fingerprint density at radius 1 is 1.21 bits per heavy atom. The minimum Gasteiger partial charge on any atom is -0.451 e. The Kier molecular flexibility index (Phi) is 4.82. The lowest BCUT2D eigenvalue weighted by Gasteiger charge is -2.60. The minimum atomic E-state index is -1.37. The molecular weight excluding hydrogens is 372 g/mol. The number of fused-ring (bicyclic) bond motifs is 5. The first-order valence-electron chi connectivity index (χ1n) is 10.8. The van der Waals surface area contributed by atoms with Crippen molar-refractivity contribution in [2.75, 3.05) is 6.61 Å². The molecule has 0 radical (unpaired) electrons. The number of esters is 1. The van der Waals surface area contributed by atoms with Gasteiger partial charge >= 0.3 is 5.97 Å². The summed E-state index contributed by atoms with van der Waals surface area (Å²) in [5.41, 5.74) is -1.12. The number of ether oxygens (including phenoxy) is 1. The summed E-state index contributed by atoms with van der Waals surface area (Å²) in [6.07, 6.45) is 5.59. The number of hydrogen-bond donors (Lipinski definition) is 2. The van der Waals surface area contributed by atoms with Crippen LogP contribution in [0.1, 0.15) is 65.7 Å². The normalized spacial score (nSPS) is 46.2. The molecule has 3 fully saturated rings. The Labute approximate surface area is 171 Å². The molecule has 0 aliphatic heterocycles. The van der Waals surface area contributed by atoms with Crippen LogP contribution in [0.25, 0.3) is 0 Å². The molecule has 6 heteroatoms. The van der Waals surface area contributed by atoms with Crippen molar-refractivity contribution < 1.29 is 29.3 Å². The summed E-state index contributed by atoms with van der Waals surface area (Å²) < 4.78 is 5.68. The van der Waals surface area contributed by atoms with Gasteiger partial charge in [0.15, 0.2) is 11.4 Å². The molecule has 0 bridgehead atoms. The maximum absolute atomic E-state index is 12.9. The lowest BCUT2D eigenvalue weighted by atomic mass is 9.45. The quantitative estimate of drug-likeness (QED) is 0.701. The van der Waals surface area contributed by atoms with Gasteiger partial charge in [-0.25, -0.2) is 0 Å². The summed E-state index contributed by atoms with van der Waals surface area (Å²) >= 11 is 0. The predicted molar refractivity (Wildman–Crippen MR) is 105 cm³/mol. The molecule has 4 rings (SSSR count). The molecule has 0 aromatic rings. The average molecular weight is 405 g/mol. The summed E-state index contributed by atoms with van der Waals surface area (Å²) in [5.74, 6) is -0.462. The third-order valence-electron chi connectivity index (χ3n) is 8.93. The van der Waals surface area contributed by atoms with Crippen LogP contribution in [0, 0.1) is 28.6 Å². The molecule has 0 amide bonds. The predicted octanol–water partition coefficient (Wildman–Crippen LogP) is 2.35. The van der Waals surface area contributed by atoms with Crippen molar-refractivity contribution >= 4 is 17.5 Å². The number of allylic oxidation sites excluding steroid dienone is 1. The molecule has 0 aromatic heterocycles. The number of aliphatic hydroxyl groups excluding tert-OH is 2. The zero-order valence-corrected chi connectivity index (χ0v) is 17.6. The van der Waals surface area contributed by atoms with Crippen LogP contribution in [-0.4, -0.2) is 46.1 Å². The van der Waals surface area contributed by atoms with E-state index in [1.165, 1.54) is 6.92 Å². The molecule has 160 valence electrons. The second-order valence-electron chi connectivity index (χ2n) is 10.1. The van der Waals surface area contributed by atoms with E-state index in [4.69, 9.17) is 4.74 Å². The molecule has 0 aromatic carbocycles. The van der Waals surface area contributed by atoms with Gasteiger partial charge in [0.2, 0.25) is 5.78 Å². The summed E-state index contributed by atoms with van der Waals surface area (Å²) in [5, 5.41) is 21.0. The highest BCUT2D eigenvalue weighted by Gasteiger charge is 2.70. The van der Waals surface area contributed by atoms with Crippen molar-refractivity contribution in [3.8, 4) is 0 Å². The molecule has 0 heterocycles. The SMILES string of the molecule is CC(=O)O[C@]1(C(=O)CO)CC[C@@H]2[C@@H]3CCC4=CC(=O)CC[C@]4(C)[C@@H]3[C@@H](O)C[C@]21C. The highest BCUT2D eigenvalue weighted by Crippen LogP contribution is 2.68. The smallest absolute Gasteiger partial charge is 0.303 e. The first-order valence-corrected chi connectivity index (χ1v) is 10.8. The van der Waals surface area contributed by atoms with E-state index in [9.17, 15) is 24.6 Å². The highest BCUT2D eigenvalue weighted by molar-refractivity contribution is 5.92. The van der Waals surface area contributed by atoms with Gasteiger partial charge in [-0.1, -0.05) is 19.4 Å². The van der Waals surface area contributed by atoms with Gasteiger partial charge < -0.3 is 14.9 Å². The summed E-state index contributed by atoms with van der Waals surface area (Å²) in [6, 6.07) is 0. The highest BCUT2D eigenvalue weighted by atomic mass is 16.6. The molecular formula is C23H32O6. The summed E-state index contributed by atoms with van der Waals surface area (Å²) in [7, 11) is 0. The largest absolute Gasteiger partial charge is 0.451 e. The average Bonchev–Trinajstić information content (AvgIpc) is 2.93. The van der Waals surface area contributed by atoms with E-state index < -0.39 is 35.5 Å². The van der Waals surface area contributed by atoms with Crippen LogP contribution in [0.4, 0.5) is 0 Å². The number of rotatable bonds is 3. The fourth-order valence-electron chi connectivity index (χ4n) is 7.73. The molecule has 3 saturated carbocycles. The monoisotopic (exact) mass is 404 g/mol. The first-order chi connectivity index (χ1) is 13.6. The number of carbonyl (C=O) groups is 3. The van der Waals surface area contributed by atoms with Gasteiger partial charge in [0, 0.05) is 18.8 Å². The Morgan fingerprint density at radius 3 is 2.59 bits per heavy atom. The van der Waals surface area contributed by atoms with Gasteiger partial charge in [0.25, 0.3) is 0 Å². The van der Waals surface area contributed by atoms with E-state index in [0.29, 0.717) is 19.3 Å². The van der Waals surface area contributed by atoms with E-state index in [2.05, 4.69) is 6.92 Å². The Bertz CT molecular complexity index is 786. The molecule has 7 atom stereocenters. The van der Waals surface area contributed by atoms with E-state index in [1.54, 1.807) is 6.08 Å². The van der Waals surface area contributed by atoms with Gasteiger partial charge in [-0.3, -0.25) is 14.4 Å². The van der Waals surface area contributed by atoms with Crippen LogP contribution >= 0.6 is 0 Å². The minimum absolute atomic E-state index is 0.0334. The second-order valence-corrected chi connectivity index (χ2v) is 10.1. The lowest BCUT2D eigenvalue weighted by Crippen LogP contribution is -2.63. The van der Waals surface area contributed by atoms with Crippen molar-refractivity contribution in [3.63, 3.8) is 0 Å². The second kappa shape index (κ2) is 6.74. The fourth-order valence-corrected chi connectivity index (χ4v) is 7.73. The molecule has 0 spiro atoms. The van der Waals surface area contributed by atoms with Crippen LogP contribution in [0.2, 0.25) is 0 Å². The molecule has 4 aliphatic rings. The number of carbonyl (C=O) groups excluding carboxylic acids is 3. The van der Waals surface area contributed by atoms with Crippen LogP contribution in [0.3, 0.4) is 0 Å². The van der Waals surface area contributed by atoms with Gasteiger partial charge in [-0.2, -0.15) is 0 Å². The Morgan fingerprint density at radius 2 is 1.93 bits per heavy atom. The first kappa shape index (κ1) is 20.7. The van der Waals surface area contributed by atoms with Crippen molar-refractivity contribution in [1.82, 2.24) is 0 Å². The maximum Gasteiger partial charge on any atom is 0.303 e. The van der Waals surface area contributed by atoms with Crippen molar-refractivity contribution in [1.29, 1.82) is 0 Å². The number of aliphatic hydroxyl groups is 2. The number of hydrogen-bond acceptors (Lipinski definition) is 6. The van der Waals surface area contributed by atoms with Gasteiger partial charge in [0.1, 0.15) is 6.61 Å². The molecule has 4 aliphatic carbocycles. The molecule has 29 heavy (non-hydrogen) atoms. The molecule has 0 saturated heterocycles. The summed E-state index contributed by atoms with van der Waals surface area (Å²) in [4.78, 5) is 36.8. The van der Waals surface area contributed by atoms with E-state index in [0.717, 1.165) is 31.3 Å². The molecule has 6 nitrogen and oxygen atoms in total. The van der Waals surface area contributed by atoms with Crippen LogP contribution in [0.5, 0.6) is 0 Å². The third kappa shape index (κ3) is 2.71. The Balaban J connectivity index is 1.76. The van der Waals surface area contributed by atoms with Crippen LogP contribution in [0.15, 0.2) is 11.6 Å². The van der Waals surface area contributed by atoms with Crippen LogP contribution < -0.4 is 0 Å². The molecule has 2 N–H and O–H groups in total. The van der Waals surface area contributed by atoms with Gasteiger partial charge in [0.05, 0.1) is 6.10 Å². The van der Waals surface area contributed by atoms with E-state index in [1.807, 2.05) is 6.92 Å². The topological polar surface area (TPSA) is 101 Å². The summed E-state index contributed by atoms with van der Waals surface area (Å²) in [6.45, 7) is 4.76. The van der Waals surface area contributed by atoms with Crippen molar-refractivity contribution in [2.45, 2.75) is 77.4 Å².